The zero-order valence-corrected chi connectivity index (χ0v) is 11.8. The molecule has 0 saturated carbocycles. The summed E-state index contributed by atoms with van der Waals surface area (Å²) in [4.78, 5) is 19.3. The highest BCUT2D eigenvalue weighted by molar-refractivity contribution is 5.99. The Bertz CT molecular complexity index is 578. The van der Waals surface area contributed by atoms with E-state index in [0.717, 1.165) is 17.8 Å². The second kappa shape index (κ2) is 6.23. The van der Waals surface area contributed by atoms with E-state index in [2.05, 4.69) is 22.2 Å². The lowest BCUT2D eigenvalue weighted by atomic mass is 10.1. The topological polar surface area (TPSA) is 83.8 Å². The zero-order chi connectivity index (χ0) is 14.5. The summed E-state index contributed by atoms with van der Waals surface area (Å²) < 4.78 is 0. The molecule has 1 amide bonds. The SMILES string of the molecule is Cc1ccc(N)c(C(=O)NCC(C)Cc2ncc[nH]2)c1. The minimum Gasteiger partial charge on any atom is -0.398 e. The largest absolute Gasteiger partial charge is 0.398 e. The van der Waals surface area contributed by atoms with Crippen LogP contribution in [0.4, 0.5) is 5.69 Å². The molecule has 1 atom stereocenters. The molecule has 0 aliphatic rings. The molecule has 0 bridgehead atoms. The number of amides is 1. The van der Waals surface area contributed by atoms with Crippen molar-refractivity contribution in [3.05, 3.63) is 47.5 Å². The number of hydrogen-bond donors (Lipinski definition) is 3. The molecule has 0 aliphatic heterocycles. The van der Waals surface area contributed by atoms with Crippen molar-refractivity contribution in [1.82, 2.24) is 15.3 Å². The first-order valence-electron chi connectivity index (χ1n) is 6.69. The molecule has 5 heteroatoms. The fourth-order valence-corrected chi connectivity index (χ4v) is 2.04. The summed E-state index contributed by atoms with van der Waals surface area (Å²) in [6.07, 6.45) is 4.33. The van der Waals surface area contributed by atoms with Gasteiger partial charge in [0.25, 0.3) is 5.91 Å². The summed E-state index contributed by atoms with van der Waals surface area (Å²) in [6.45, 7) is 4.60. The van der Waals surface area contributed by atoms with Gasteiger partial charge in [-0.2, -0.15) is 0 Å². The Labute approximate surface area is 118 Å². The van der Waals surface area contributed by atoms with Gasteiger partial charge >= 0.3 is 0 Å². The summed E-state index contributed by atoms with van der Waals surface area (Å²) in [5, 5.41) is 2.92. The molecule has 0 radical (unpaired) electrons. The number of benzene rings is 1. The third kappa shape index (κ3) is 3.60. The standard InChI is InChI=1S/C15H20N4O/c1-10-3-4-13(16)12(7-10)15(20)19-9-11(2)8-14-17-5-6-18-14/h3-7,11H,8-9,16H2,1-2H3,(H,17,18)(H,19,20). The molecule has 0 aliphatic carbocycles. The second-order valence-corrected chi connectivity index (χ2v) is 5.15. The number of H-pyrrole nitrogens is 1. The van der Waals surface area contributed by atoms with Crippen LogP contribution in [0.15, 0.2) is 30.6 Å². The fraction of sp³-hybridized carbons (Fsp3) is 0.333. The van der Waals surface area contributed by atoms with Crippen LogP contribution < -0.4 is 11.1 Å². The highest BCUT2D eigenvalue weighted by atomic mass is 16.1. The maximum absolute atomic E-state index is 12.1. The van der Waals surface area contributed by atoms with Crippen molar-refractivity contribution >= 4 is 11.6 Å². The number of aromatic amines is 1. The van der Waals surface area contributed by atoms with Crippen molar-refractivity contribution in [2.45, 2.75) is 20.3 Å². The number of nitrogens with one attached hydrogen (secondary N) is 2. The third-order valence-electron chi connectivity index (χ3n) is 3.16. The van der Waals surface area contributed by atoms with Crippen LogP contribution in [0, 0.1) is 12.8 Å². The van der Waals surface area contributed by atoms with Gasteiger partial charge in [0.2, 0.25) is 0 Å². The molecule has 1 heterocycles. The number of imidazole rings is 1. The van der Waals surface area contributed by atoms with Crippen molar-refractivity contribution in [2.24, 2.45) is 5.92 Å². The molecule has 0 fully saturated rings. The van der Waals surface area contributed by atoms with Gasteiger partial charge in [-0.1, -0.05) is 18.6 Å². The Morgan fingerprint density at radius 2 is 2.30 bits per heavy atom. The first kappa shape index (κ1) is 14.1. The number of carbonyl (C=O) groups is 1. The quantitative estimate of drug-likeness (QED) is 0.727. The van der Waals surface area contributed by atoms with E-state index in [1.165, 1.54) is 0 Å². The van der Waals surface area contributed by atoms with E-state index < -0.39 is 0 Å². The average molecular weight is 272 g/mol. The lowest BCUT2D eigenvalue weighted by Crippen LogP contribution is -2.29. The molecule has 0 spiro atoms. The first-order chi connectivity index (χ1) is 9.56. The highest BCUT2D eigenvalue weighted by Gasteiger charge is 2.12. The van der Waals surface area contributed by atoms with E-state index >= 15 is 0 Å². The maximum Gasteiger partial charge on any atom is 0.253 e. The van der Waals surface area contributed by atoms with Crippen LogP contribution in [0.5, 0.6) is 0 Å². The zero-order valence-electron chi connectivity index (χ0n) is 11.8. The predicted octanol–water partition coefficient (Wildman–Crippen LogP) is 1.91. The Morgan fingerprint density at radius 3 is 3.00 bits per heavy atom. The molecule has 1 aromatic heterocycles. The summed E-state index contributed by atoms with van der Waals surface area (Å²) in [6, 6.07) is 5.46. The van der Waals surface area contributed by atoms with Crippen molar-refractivity contribution in [3.63, 3.8) is 0 Å². The number of carbonyl (C=O) groups excluding carboxylic acids is 1. The summed E-state index contributed by atoms with van der Waals surface area (Å²) in [5.41, 5.74) is 7.90. The number of aryl methyl sites for hydroxylation is 1. The van der Waals surface area contributed by atoms with Gasteiger partial charge in [0, 0.05) is 31.0 Å². The van der Waals surface area contributed by atoms with Crippen LogP contribution in [-0.2, 0) is 6.42 Å². The summed E-state index contributed by atoms with van der Waals surface area (Å²) in [7, 11) is 0. The van der Waals surface area contributed by atoms with Crippen LogP contribution in [-0.4, -0.2) is 22.4 Å². The van der Waals surface area contributed by atoms with Crippen LogP contribution in [0.3, 0.4) is 0 Å². The highest BCUT2D eigenvalue weighted by Crippen LogP contribution is 2.13. The third-order valence-corrected chi connectivity index (χ3v) is 3.16. The van der Waals surface area contributed by atoms with E-state index in [0.29, 0.717) is 23.7 Å². The van der Waals surface area contributed by atoms with E-state index in [-0.39, 0.29) is 5.91 Å². The van der Waals surface area contributed by atoms with Gasteiger partial charge in [0.05, 0.1) is 5.56 Å². The number of anilines is 1. The van der Waals surface area contributed by atoms with Gasteiger partial charge < -0.3 is 16.0 Å². The monoisotopic (exact) mass is 272 g/mol. The average Bonchev–Trinajstić information content (AvgIpc) is 2.91. The molecule has 0 saturated heterocycles. The lowest BCUT2D eigenvalue weighted by molar-refractivity contribution is 0.0948. The molecular weight excluding hydrogens is 252 g/mol. The van der Waals surface area contributed by atoms with Gasteiger partial charge in [0.15, 0.2) is 0 Å². The predicted molar refractivity (Wildman–Crippen MR) is 79.4 cm³/mol. The minimum atomic E-state index is -0.127. The van der Waals surface area contributed by atoms with Crippen molar-refractivity contribution in [1.29, 1.82) is 0 Å². The molecule has 2 rings (SSSR count). The molecule has 106 valence electrons. The van der Waals surface area contributed by atoms with Gasteiger partial charge in [-0.3, -0.25) is 4.79 Å². The number of rotatable bonds is 5. The van der Waals surface area contributed by atoms with Crippen LogP contribution in [0.25, 0.3) is 0 Å². The van der Waals surface area contributed by atoms with E-state index in [1.54, 1.807) is 18.5 Å². The van der Waals surface area contributed by atoms with Crippen LogP contribution in [0.1, 0.15) is 28.7 Å². The van der Waals surface area contributed by atoms with Crippen LogP contribution in [0.2, 0.25) is 0 Å². The number of nitrogen functional groups attached to an aromatic ring is 1. The Morgan fingerprint density at radius 1 is 1.50 bits per heavy atom. The Hall–Kier alpha value is -2.30. The maximum atomic E-state index is 12.1. The van der Waals surface area contributed by atoms with E-state index in [9.17, 15) is 4.79 Å². The Balaban J connectivity index is 1.90. The fourth-order valence-electron chi connectivity index (χ4n) is 2.04. The van der Waals surface area contributed by atoms with Gasteiger partial charge in [-0.05, 0) is 25.0 Å². The Kier molecular flexibility index (Phi) is 4.40. The van der Waals surface area contributed by atoms with Crippen molar-refractivity contribution in [3.8, 4) is 0 Å². The van der Waals surface area contributed by atoms with Crippen LogP contribution >= 0.6 is 0 Å². The van der Waals surface area contributed by atoms with E-state index in [1.807, 2.05) is 19.1 Å². The van der Waals surface area contributed by atoms with Crippen molar-refractivity contribution < 1.29 is 4.79 Å². The van der Waals surface area contributed by atoms with E-state index in [4.69, 9.17) is 5.73 Å². The number of hydrogen-bond acceptors (Lipinski definition) is 3. The molecule has 20 heavy (non-hydrogen) atoms. The molecule has 1 unspecified atom stereocenters. The summed E-state index contributed by atoms with van der Waals surface area (Å²) in [5.74, 6) is 1.11. The summed E-state index contributed by atoms with van der Waals surface area (Å²) >= 11 is 0. The molecule has 4 N–H and O–H groups in total. The lowest BCUT2D eigenvalue weighted by Gasteiger charge is -2.12. The smallest absolute Gasteiger partial charge is 0.253 e. The van der Waals surface area contributed by atoms with Gasteiger partial charge in [-0.25, -0.2) is 4.98 Å². The first-order valence-corrected chi connectivity index (χ1v) is 6.69. The molecule has 2 aromatic rings. The van der Waals surface area contributed by atoms with Gasteiger partial charge in [0.1, 0.15) is 5.82 Å². The normalized spacial score (nSPS) is 12.1. The number of aromatic nitrogens is 2. The minimum absolute atomic E-state index is 0.127. The number of nitrogens with zero attached hydrogens (tertiary/aromatic N) is 1. The molecule has 1 aromatic carbocycles. The second-order valence-electron chi connectivity index (χ2n) is 5.15. The number of nitrogens with two attached hydrogens (primary N) is 1. The molecular formula is C15H20N4O. The van der Waals surface area contributed by atoms with Gasteiger partial charge in [-0.15, -0.1) is 0 Å². The van der Waals surface area contributed by atoms with Crippen molar-refractivity contribution in [2.75, 3.05) is 12.3 Å². The molecule has 5 nitrogen and oxygen atoms in total.